The lowest BCUT2D eigenvalue weighted by Crippen LogP contribution is -2.45. The Morgan fingerprint density at radius 1 is 1.20 bits per heavy atom. The second kappa shape index (κ2) is 12.2. The van der Waals surface area contributed by atoms with Crippen molar-refractivity contribution < 1.29 is 14.4 Å². The minimum atomic E-state index is -0.884. The number of hydrogen-bond donors (Lipinski definition) is 3. The van der Waals surface area contributed by atoms with Crippen molar-refractivity contribution in [3.63, 3.8) is 0 Å². The molecular weight excluding hydrogens is 448 g/mol. The second-order valence-corrected chi connectivity index (χ2v) is 8.78. The Bertz CT molecular complexity index is 962. The van der Waals surface area contributed by atoms with Gasteiger partial charge in [0, 0.05) is 76.2 Å². The highest BCUT2D eigenvalue weighted by atomic mass is 16.2. The van der Waals surface area contributed by atoms with Crippen molar-refractivity contribution in [1.82, 2.24) is 30.8 Å². The van der Waals surface area contributed by atoms with E-state index < -0.39 is 11.7 Å². The molecule has 0 saturated heterocycles. The second-order valence-electron chi connectivity index (χ2n) is 8.78. The third kappa shape index (κ3) is 7.47. The molecule has 11 nitrogen and oxygen atoms in total. The van der Waals surface area contributed by atoms with Crippen LogP contribution in [0.3, 0.4) is 0 Å². The first-order valence-corrected chi connectivity index (χ1v) is 12.1. The molecule has 0 radical (unpaired) electrons. The summed E-state index contributed by atoms with van der Waals surface area (Å²) in [5.74, 6) is 3.23. The molecule has 11 heteroatoms. The van der Waals surface area contributed by atoms with Crippen molar-refractivity contribution in [1.29, 1.82) is 0 Å². The van der Waals surface area contributed by atoms with Crippen molar-refractivity contribution in [2.45, 2.75) is 69.5 Å². The minimum Gasteiger partial charge on any atom is -0.354 e. The molecule has 35 heavy (non-hydrogen) atoms. The van der Waals surface area contributed by atoms with E-state index in [4.69, 9.17) is 6.42 Å². The van der Waals surface area contributed by atoms with Crippen LogP contribution in [0.1, 0.15) is 75.2 Å². The van der Waals surface area contributed by atoms with Crippen LogP contribution in [0.5, 0.6) is 0 Å². The summed E-state index contributed by atoms with van der Waals surface area (Å²) in [5.41, 5.74) is -0.0409. The first-order valence-electron chi connectivity index (χ1n) is 12.1. The molecule has 0 spiro atoms. The molecule has 3 rings (SSSR count). The van der Waals surface area contributed by atoms with E-state index in [1.54, 1.807) is 17.3 Å². The van der Waals surface area contributed by atoms with Crippen LogP contribution in [-0.2, 0) is 9.59 Å². The number of amides is 4. The summed E-state index contributed by atoms with van der Waals surface area (Å²) in [4.78, 5) is 48.6. The normalized spacial score (nSPS) is 16.0. The van der Waals surface area contributed by atoms with E-state index in [1.165, 1.54) is 7.05 Å². The fraction of sp³-hybridized carbons (Fsp3) is 0.625. The van der Waals surface area contributed by atoms with E-state index >= 15 is 0 Å². The first kappa shape index (κ1) is 26.1. The number of rotatable bonds is 14. The van der Waals surface area contributed by atoms with E-state index in [0.29, 0.717) is 50.3 Å². The third-order valence-electron chi connectivity index (χ3n) is 6.06. The van der Waals surface area contributed by atoms with Gasteiger partial charge in [0.15, 0.2) is 5.66 Å². The number of hydrogen-bond acceptors (Lipinski definition) is 7. The van der Waals surface area contributed by atoms with Gasteiger partial charge in [-0.15, -0.1) is 12.3 Å². The molecule has 1 aromatic rings. The summed E-state index contributed by atoms with van der Waals surface area (Å²) < 4.78 is 0. The molecule has 1 aliphatic heterocycles. The van der Waals surface area contributed by atoms with Gasteiger partial charge >= 0.3 is 6.03 Å². The lowest BCUT2D eigenvalue weighted by molar-refractivity contribution is -0.141. The Labute approximate surface area is 205 Å². The van der Waals surface area contributed by atoms with Crippen LogP contribution in [0.25, 0.3) is 0 Å². The number of carbonyl (C=O) groups excluding carboxylic acids is 3. The monoisotopic (exact) mass is 482 g/mol. The van der Waals surface area contributed by atoms with Crippen molar-refractivity contribution in [2.75, 3.05) is 26.7 Å². The van der Waals surface area contributed by atoms with Crippen molar-refractivity contribution >= 4 is 17.8 Å². The van der Waals surface area contributed by atoms with E-state index in [0.717, 1.165) is 18.7 Å². The van der Waals surface area contributed by atoms with Crippen LogP contribution in [0.4, 0.5) is 4.79 Å². The van der Waals surface area contributed by atoms with Crippen LogP contribution >= 0.6 is 0 Å². The van der Waals surface area contributed by atoms with Crippen LogP contribution < -0.4 is 16.0 Å². The molecule has 1 aliphatic carbocycles. The van der Waals surface area contributed by atoms with Gasteiger partial charge in [0.2, 0.25) is 11.8 Å². The number of terminal acetylenes is 1. The molecule has 1 saturated carbocycles. The quantitative estimate of drug-likeness (QED) is 0.275. The Morgan fingerprint density at radius 2 is 1.91 bits per heavy atom. The topological polar surface area (TPSA) is 141 Å². The fourth-order valence-corrected chi connectivity index (χ4v) is 3.84. The minimum absolute atomic E-state index is 0.164. The van der Waals surface area contributed by atoms with Crippen LogP contribution in [0.15, 0.2) is 22.6 Å². The summed E-state index contributed by atoms with van der Waals surface area (Å²) in [5, 5.41) is 16.3. The molecule has 0 aromatic carbocycles. The highest BCUT2D eigenvalue weighted by Gasteiger charge is 2.41. The molecule has 1 fully saturated rings. The summed E-state index contributed by atoms with van der Waals surface area (Å²) in [7, 11) is 1.53. The molecule has 2 heterocycles. The highest BCUT2D eigenvalue weighted by Crippen LogP contribution is 2.39. The molecule has 0 bridgehead atoms. The SMILES string of the molecule is C#CCCC1(CCC(=O)N(CCCNC(=O)NC)C(C(=O)NCC)c2cnc(C3CC3)nc2)N=N1. The van der Waals surface area contributed by atoms with Crippen molar-refractivity contribution in [3.8, 4) is 12.3 Å². The Morgan fingerprint density at radius 3 is 2.49 bits per heavy atom. The summed E-state index contributed by atoms with van der Waals surface area (Å²) in [6.45, 7) is 2.86. The molecule has 3 N–H and O–H groups in total. The van der Waals surface area contributed by atoms with Gasteiger partial charge in [-0.3, -0.25) is 9.59 Å². The van der Waals surface area contributed by atoms with Gasteiger partial charge in [0.05, 0.1) is 0 Å². The average molecular weight is 483 g/mol. The smallest absolute Gasteiger partial charge is 0.314 e. The maximum atomic E-state index is 13.5. The maximum Gasteiger partial charge on any atom is 0.314 e. The van der Waals surface area contributed by atoms with Crippen LogP contribution in [-0.4, -0.2) is 65.1 Å². The number of carbonyl (C=O) groups is 3. The predicted octanol–water partition coefficient (Wildman–Crippen LogP) is 2.03. The summed E-state index contributed by atoms with van der Waals surface area (Å²) in [6.07, 6.45) is 13.0. The Kier molecular flexibility index (Phi) is 9.11. The number of nitrogens with one attached hydrogen (secondary N) is 3. The zero-order valence-electron chi connectivity index (χ0n) is 20.4. The average Bonchev–Trinajstić information content (AvgIpc) is 3.79. The van der Waals surface area contributed by atoms with E-state index in [2.05, 4.69) is 42.1 Å². The molecule has 4 amide bonds. The van der Waals surface area contributed by atoms with Gasteiger partial charge in [0.1, 0.15) is 11.9 Å². The van der Waals surface area contributed by atoms with Crippen LogP contribution in [0.2, 0.25) is 0 Å². The molecular formula is C24H34N8O3. The lowest BCUT2D eigenvalue weighted by Gasteiger charge is -2.31. The lowest BCUT2D eigenvalue weighted by atomic mass is 10.0. The van der Waals surface area contributed by atoms with Gasteiger partial charge in [-0.2, -0.15) is 10.2 Å². The highest BCUT2D eigenvalue weighted by molar-refractivity contribution is 5.88. The van der Waals surface area contributed by atoms with E-state index in [9.17, 15) is 14.4 Å². The van der Waals surface area contributed by atoms with E-state index in [1.807, 2.05) is 6.92 Å². The molecule has 2 aliphatic rings. The Hall–Kier alpha value is -3.55. The largest absolute Gasteiger partial charge is 0.354 e. The number of likely N-dealkylation sites (N-methyl/N-ethyl adjacent to an activating group) is 1. The van der Waals surface area contributed by atoms with Crippen molar-refractivity contribution in [3.05, 3.63) is 23.8 Å². The zero-order chi connectivity index (χ0) is 25.3. The number of aromatic nitrogens is 2. The number of nitrogens with zero attached hydrogens (tertiary/aromatic N) is 5. The summed E-state index contributed by atoms with van der Waals surface area (Å²) >= 11 is 0. The van der Waals surface area contributed by atoms with Gasteiger partial charge in [-0.05, 0) is 26.2 Å². The van der Waals surface area contributed by atoms with Gasteiger partial charge < -0.3 is 20.9 Å². The van der Waals surface area contributed by atoms with Gasteiger partial charge in [-0.25, -0.2) is 14.8 Å². The molecule has 188 valence electrons. The van der Waals surface area contributed by atoms with Crippen LogP contribution in [0, 0.1) is 12.3 Å². The standard InChI is InChI=1S/C24H34N8O3/c1-4-6-11-24(30-31-24)12-10-19(33)32(14-7-13-27-23(35)25-3)20(22(34)26-5-2)18-15-28-21(29-16-18)17-8-9-17/h1,15-17,20H,5-14H2,2-3H3,(H,26,34)(H2,25,27,35). The molecule has 1 atom stereocenters. The maximum absolute atomic E-state index is 13.5. The van der Waals surface area contributed by atoms with Crippen molar-refractivity contribution in [2.24, 2.45) is 10.2 Å². The van der Waals surface area contributed by atoms with Gasteiger partial charge in [0.25, 0.3) is 0 Å². The molecule has 1 aromatic heterocycles. The van der Waals surface area contributed by atoms with Gasteiger partial charge in [-0.1, -0.05) is 0 Å². The zero-order valence-corrected chi connectivity index (χ0v) is 20.4. The number of urea groups is 1. The summed E-state index contributed by atoms with van der Waals surface area (Å²) in [6, 6.07) is -1.19. The predicted molar refractivity (Wildman–Crippen MR) is 129 cm³/mol. The Balaban J connectivity index is 1.77. The fourth-order valence-electron chi connectivity index (χ4n) is 3.84. The van der Waals surface area contributed by atoms with E-state index in [-0.39, 0.29) is 30.8 Å². The third-order valence-corrected chi connectivity index (χ3v) is 6.06. The molecule has 1 unspecified atom stereocenters. The first-order chi connectivity index (χ1) is 16.9.